The summed E-state index contributed by atoms with van der Waals surface area (Å²) in [4.78, 5) is 0. The predicted molar refractivity (Wildman–Crippen MR) is 89.6 cm³/mol. The second-order valence-electron chi connectivity index (χ2n) is 4.75. The summed E-state index contributed by atoms with van der Waals surface area (Å²) < 4.78 is 5.12. The highest BCUT2D eigenvalue weighted by Gasteiger charge is 2.13. The fourth-order valence-electron chi connectivity index (χ4n) is 2.40. The molecule has 2 aromatic rings. The van der Waals surface area contributed by atoms with Crippen molar-refractivity contribution < 1.29 is 4.74 Å². The molecule has 0 amide bonds. The van der Waals surface area contributed by atoms with Gasteiger partial charge in [0.15, 0.2) is 0 Å². The Balaban J connectivity index is 2.18. The smallest absolute Gasteiger partial charge is 0.0552 e. The van der Waals surface area contributed by atoms with E-state index in [1.165, 1.54) is 16.3 Å². The highest BCUT2D eigenvalue weighted by Crippen LogP contribution is 2.26. The van der Waals surface area contributed by atoms with Crippen LogP contribution in [0.2, 0.25) is 0 Å². The molecule has 0 bridgehead atoms. The van der Waals surface area contributed by atoms with E-state index in [1.54, 1.807) is 7.11 Å². The van der Waals surface area contributed by atoms with Gasteiger partial charge in [0.1, 0.15) is 0 Å². The van der Waals surface area contributed by atoms with Crippen LogP contribution in [-0.4, -0.2) is 31.8 Å². The van der Waals surface area contributed by atoms with Gasteiger partial charge >= 0.3 is 0 Å². The van der Waals surface area contributed by atoms with Gasteiger partial charge in [-0.1, -0.05) is 49.4 Å². The minimum absolute atomic E-state index is 0.396. The Morgan fingerprint density at radius 2 is 1.95 bits per heavy atom. The Bertz CT molecular complexity index is 524. The summed E-state index contributed by atoms with van der Waals surface area (Å²) in [7, 11) is 1.76. The van der Waals surface area contributed by atoms with Crippen LogP contribution in [-0.2, 0) is 4.74 Å². The van der Waals surface area contributed by atoms with Crippen LogP contribution in [0.4, 0.5) is 0 Å². The molecule has 1 N–H and O–H groups in total. The van der Waals surface area contributed by atoms with Crippen molar-refractivity contribution in [2.75, 3.05) is 31.8 Å². The van der Waals surface area contributed by atoms with Gasteiger partial charge in [0.25, 0.3) is 0 Å². The van der Waals surface area contributed by atoms with E-state index in [0.717, 1.165) is 24.7 Å². The third-order valence-corrected chi connectivity index (χ3v) is 4.39. The van der Waals surface area contributed by atoms with Gasteiger partial charge in [0, 0.05) is 24.7 Å². The maximum atomic E-state index is 5.12. The van der Waals surface area contributed by atoms with Crippen molar-refractivity contribution >= 4 is 22.5 Å². The molecule has 1 atom stereocenters. The van der Waals surface area contributed by atoms with E-state index in [9.17, 15) is 0 Å². The molecular weight excluding hydrogens is 266 g/mol. The lowest BCUT2D eigenvalue weighted by Gasteiger charge is -2.20. The molecule has 1 unspecified atom stereocenters. The van der Waals surface area contributed by atoms with Gasteiger partial charge in [0.2, 0.25) is 0 Å². The van der Waals surface area contributed by atoms with Gasteiger partial charge in [-0.2, -0.15) is 11.8 Å². The highest BCUT2D eigenvalue weighted by molar-refractivity contribution is 7.99. The summed E-state index contributed by atoms with van der Waals surface area (Å²) >= 11 is 1.94. The molecule has 0 spiro atoms. The number of hydrogen-bond donors (Lipinski definition) is 1. The molecular formula is C17H23NOS. The van der Waals surface area contributed by atoms with E-state index >= 15 is 0 Å². The lowest BCUT2D eigenvalue weighted by Crippen LogP contribution is -2.23. The number of rotatable bonds is 8. The Morgan fingerprint density at radius 3 is 2.75 bits per heavy atom. The zero-order chi connectivity index (χ0) is 14.2. The molecule has 0 aromatic heterocycles. The van der Waals surface area contributed by atoms with Gasteiger partial charge in [-0.15, -0.1) is 0 Å². The topological polar surface area (TPSA) is 21.3 Å². The minimum Gasteiger partial charge on any atom is -0.384 e. The number of hydrogen-bond acceptors (Lipinski definition) is 3. The van der Waals surface area contributed by atoms with Gasteiger partial charge in [-0.25, -0.2) is 0 Å². The van der Waals surface area contributed by atoms with Gasteiger partial charge in [0.05, 0.1) is 6.61 Å². The van der Waals surface area contributed by atoms with E-state index in [4.69, 9.17) is 4.74 Å². The van der Waals surface area contributed by atoms with Crippen molar-refractivity contribution in [3.8, 4) is 0 Å². The standard InChI is InChI=1S/C17H23NOS/c1-3-18-17(13-20-12-11-19-2)16-10-6-8-14-7-4-5-9-15(14)16/h4-10,17-18H,3,11-13H2,1-2H3. The van der Waals surface area contributed by atoms with Crippen LogP contribution in [0, 0.1) is 0 Å². The van der Waals surface area contributed by atoms with Gasteiger partial charge in [-0.05, 0) is 22.9 Å². The molecule has 2 nitrogen and oxygen atoms in total. The van der Waals surface area contributed by atoms with E-state index in [1.807, 2.05) is 11.8 Å². The number of fused-ring (bicyclic) bond motifs is 1. The molecule has 0 heterocycles. The summed E-state index contributed by atoms with van der Waals surface area (Å²) in [5.74, 6) is 2.12. The van der Waals surface area contributed by atoms with Crippen molar-refractivity contribution in [3.63, 3.8) is 0 Å². The van der Waals surface area contributed by atoms with E-state index < -0.39 is 0 Å². The summed E-state index contributed by atoms with van der Waals surface area (Å²) in [5, 5.41) is 6.28. The van der Waals surface area contributed by atoms with Crippen LogP contribution in [0.1, 0.15) is 18.5 Å². The first-order valence-corrected chi connectivity index (χ1v) is 8.30. The molecule has 2 aromatic carbocycles. The number of nitrogens with one attached hydrogen (secondary N) is 1. The quantitative estimate of drug-likeness (QED) is 0.745. The molecule has 0 fully saturated rings. The fourth-order valence-corrected chi connectivity index (χ4v) is 3.39. The molecule has 0 radical (unpaired) electrons. The molecule has 0 aliphatic heterocycles. The molecule has 0 saturated carbocycles. The number of benzene rings is 2. The lowest BCUT2D eigenvalue weighted by molar-refractivity contribution is 0.218. The number of thioether (sulfide) groups is 1. The van der Waals surface area contributed by atoms with Crippen molar-refractivity contribution in [3.05, 3.63) is 48.0 Å². The Kier molecular flexibility index (Phi) is 6.37. The van der Waals surface area contributed by atoms with Crippen LogP contribution in [0.25, 0.3) is 10.8 Å². The number of ether oxygens (including phenoxy) is 1. The van der Waals surface area contributed by atoms with E-state index in [-0.39, 0.29) is 0 Å². The van der Waals surface area contributed by atoms with Crippen LogP contribution in [0.15, 0.2) is 42.5 Å². The van der Waals surface area contributed by atoms with Gasteiger partial charge < -0.3 is 10.1 Å². The summed E-state index contributed by atoms with van der Waals surface area (Å²) in [6.07, 6.45) is 0. The molecule has 108 valence electrons. The predicted octanol–water partition coefficient (Wildman–Crippen LogP) is 3.87. The Morgan fingerprint density at radius 1 is 1.15 bits per heavy atom. The van der Waals surface area contributed by atoms with E-state index in [2.05, 4.69) is 54.7 Å². The Hall–Kier alpha value is -1.03. The first-order chi connectivity index (χ1) is 9.86. The van der Waals surface area contributed by atoms with Crippen LogP contribution in [0.3, 0.4) is 0 Å². The zero-order valence-electron chi connectivity index (χ0n) is 12.3. The first kappa shape index (κ1) is 15.4. The number of methoxy groups -OCH3 is 1. The minimum atomic E-state index is 0.396. The second-order valence-corrected chi connectivity index (χ2v) is 5.90. The average Bonchev–Trinajstić information content (AvgIpc) is 2.50. The van der Waals surface area contributed by atoms with Crippen molar-refractivity contribution in [2.45, 2.75) is 13.0 Å². The van der Waals surface area contributed by atoms with E-state index in [0.29, 0.717) is 6.04 Å². The first-order valence-electron chi connectivity index (χ1n) is 7.14. The summed E-state index contributed by atoms with van der Waals surface area (Å²) in [5.41, 5.74) is 1.40. The van der Waals surface area contributed by atoms with Crippen LogP contribution < -0.4 is 5.32 Å². The maximum absolute atomic E-state index is 5.12. The normalized spacial score (nSPS) is 12.7. The second kappa shape index (κ2) is 8.30. The SMILES string of the molecule is CCNC(CSCCOC)c1cccc2ccccc12. The highest BCUT2D eigenvalue weighted by atomic mass is 32.2. The third kappa shape index (κ3) is 3.98. The largest absolute Gasteiger partial charge is 0.384 e. The molecule has 0 aliphatic rings. The average molecular weight is 289 g/mol. The van der Waals surface area contributed by atoms with Gasteiger partial charge in [-0.3, -0.25) is 0 Å². The monoisotopic (exact) mass is 289 g/mol. The lowest BCUT2D eigenvalue weighted by atomic mass is 9.99. The van der Waals surface area contributed by atoms with Crippen molar-refractivity contribution in [1.29, 1.82) is 0 Å². The van der Waals surface area contributed by atoms with Crippen molar-refractivity contribution in [2.24, 2.45) is 0 Å². The van der Waals surface area contributed by atoms with Crippen molar-refractivity contribution in [1.82, 2.24) is 5.32 Å². The maximum Gasteiger partial charge on any atom is 0.0552 e. The summed E-state index contributed by atoms with van der Waals surface area (Å²) in [6, 6.07) is 15.6. The Labute approximate surface area is 125 Å². The summed E-state index contributed by atoms with van der Waals surface area (Å²) in [6.45, 7) is 3.97. The zero-order valence-corrected chi connectivity index (χ0v) is 13.1. The van der Waals surface area contributed by atoms with Crippen LogP contribution in [0.5, 0.6) is 0 Å². The third-order valence-electron chi connectivity index (χ3n) is 3.37. The van der Waals surface area contributed by atoms with Crippen LogP contribution >= 0.6 is 11.8 Å². The molecule has 0 aliphatic carbocycles. The molecule has 3 heteroatoms. The molecule has 0 saturated heterocycles. The fraction of sp³-hybridized carbons (Fsp3) is 0.412. The molecule has 2 rings (SSSR count). The molecule has 20 heavy (non-hydrogen) atoms.